The Morgan fingerprint density at radius 1 is 1.12 bits per heavy atom. The summed E-state index contributed by atoms with van der Waals surface area (Å²) >= 11 is 0. The first-order valence-corrected chi connectivity index (χ1v) is 8.73. The summed E-state index contributed by atoms with van der Waals surface area (Å²) in [6.07, 6.45) is 0. The average Bonchev–Trinajstić information content (AvgIpc) is 2.55. The highest BCUT2D eigenvalue weighted by molar-refractivity contribution is 7.92. The van der Waals surface area contributed by atoms with E-state index in [1.165, 1.54) is 56.5 Å². The van der Waals surface area contributed by atoms with Crippen molar-refractivity contribution in [3.8, 4) is 11.5 Å². The van der Waals surface area contributed by atoms with Gasteiger partial charge in [-0.3, -0.25) is 9.52 Å². The number of sulfonamides is 1. The molecule has 0 spiro atoms. The average molecular weight is 386 g/mol. The summed E-state index contributed by atoms with van der Waals surface area (Å²) in [6, 6.07) is 8.94. The lowest BCUT2D eigenvalue weighted by Crippen LogP contribution is -2.14. The van der Waals surface area contributed by atoms with Crippen LogP contribution in [0.25, 0.3) is 0 Å². The molecule has 0 saturated heterocycles. The van der Waals surface area contributed by atoms with Crippen molar-refractivity contribution in [3.05, 3.63) is 42.5 Å². The van der Waals surface area contributed by atoms with E-state index in [4.69, 9.17) is 4.74 Å². The highest BCUT2D eigenvalue weighted by Gasteiger charge is 2.17. The van der Waals surface area contributed by atoms with E-state index in [1.54, 1.807) is 0 Å². The molecule has 140 valence electrons. The van der Waals surface area contributed by atoms with E-state index in [1.807, 2.05) is 0 Å². The van der Waals surface area contributed by atoms with Crippen molar-refractivity contribution in [3.63, 3.8) is 0 Å². The number of hydrogen-bond acceptors (Lipinski definition) is 5. The number of ether oxygens (including phenoxy) is 2. The van der Waals surface area contributed by atoms with Crippen LogP contribution in [0.4, 0.5) is 20.2 Å². The van der Waals surface area contributed by atoms with Gasteiger partial charge < -0.3 is 14.8 Å². The molecule has 1 amide bonds. The molecule has 0 aliphatic heterocycles. The standard InChI is InChI=1S/C16H16F2N2O5S/c1-10(21)19-14-9-13(7-8-15(14)24-2)26(22,23)20-11-3-5-12(6-4-11)25-16(17)18/h3-9,16,20H,1-2H3,(H,19,21). The minimum atomic E-state index is -3.98. The third-order valence-electron chi connectivity index (χ3n) is 3.12. The van der Waals surface area contributed by atoms with Gasteiger partial charge in [0, 0.05) is 12.6 Å². The lowest BCUT2D eigenvalue weighted by Gasteiger charge is -2.13. The Morgan fingerprint density at radius 2 is 1.77 bits per heavy atom. The number of amides is 1. The van der Waals surface area contributed by atoms with Gasteiger partial charge in [0.05, 0.1) is 17.7 Å². The fourth-order valence-electron chi connectivity index (χ4n) is 2.06. The number of carbonyl (C=O) groups excluding carboxylic acids is 1. The van der Waals surface area contributed by atoms with Gasteiger partial charge in [0.2, 0.25) is 5.91 Å². The summed E-state index contributed by atoms with van der Waals surface area (Å²) in [4.78, 5) is 11.1. The summed E-state index contributed by atoms with van der Waals surface area (Å²) < 4.78 is 60.8. The molecule has 0 atom stereocenters. The molecule has 2 N–H and O–H groups in total. The molecule has 2 rings (SSSR count). The summed E-state index contributed by atoms with van der Waals surface area (Å²) in [5.74, 6) is -0.187. The minimum Gasteiger partial charge on any atom is -0.495 e. The zero-order valence-corrected chi connectivity index (χ0v) is 14.6. The lowest BCUT2D eigenvalue weighted by atomic mass is 10.3. The molecule has 0 radical (unpaired) electrons. The monoisotopic (exact) mass is 386 g/mol. The summed E-state index contributed by atoms with van der Waals surface area (Å²) in [6.45, 7) is -1.69. The molecule has 0 aliphatic rings. The SMILES string of the molecule is COc1ccc(S(=O)(=O)Nc2ccc(OC(F)F)cc2)cc1NC(C)=O. The van der Waals surface area contributed by atoms with Crippen molar-refractivity contribution in [2.75, 3.05) is 17.1 Å². The third-order valence-corrected chi connectivity index (χ3v) is 4.50. The molecule has 0 bridgehead atoms. The van der Waals surface area contributed by atoms with Gasteiger partial charge in [0.15, 0.2) is 0 Å². The first kappa shape index (κ1) is 19.4. The number of rotatable bonds is 7. The van der Waals surface area contributed by atoms with Gasteiger partial charge in [-0.05, 0) is 42.5 Å². The zero-order chi connectivity index (χ0) is 19.3. The number of hydrogen-bond donors (Lipinski definition) is 2. The quantitative estimate of drug-likeness (QED) is 0.763. The second-order valence-corrected chi connectivity index (χ2v) is 6.73. The van der Waals surface area contributed by atoms with Gasteiger partial charge in [-0.25, -0.2) is 8.42 Å². The van der Waals surface area contributed by atoms with Crippen LogP contribution in [0.5, 0.6) is 11.5 Å². The maximum absolute atomic E-state index is 12.5. The smallest absolute Gasteiger partial charge is 0.387 e. The van der Waals surface area contributed by atoms with Crippen molar-refractivity contribution in [1.82, 2.24) is 0 Å². The predicted molar refractivity (Wildman–Crippen MR) is 91.2 cm³/mol. The highest BCUT2D eigenvalue weighted by atomic mass is 32.2. The Labute approximate surface area is 149 Å². The molecule has 0 heterocycles. The molecule has 0 saturated carbocycles. The normalized spacial score (nSPS) is 11.1. The van der Waals surface area contributed by atoms with Crippen LogP contribution in [-0.4, -0.2) is 28.0 Å². The third kappa shape index (κ3) is 5.06. The minimum absolute atomic E-state index is 0.0969. The van der Waals surface area contributed by atoms with E-state index in [2.05, 4.69) is 14.8 Å². The maximum Gasteiger partial charge on any atom is 0.387 e. The van der Waals surface area contributed by atoms with E-state index < -0.39 is 16.6 Å². The van der Waals surface area contributed by atoms with Crippen LogP contribution < -0.4 is 19.5 Å². The predicted octanol–water partition coefficient (Wildman–Crippen LogP) is 3.06. The first-order chi connectivity index (χ1) is 12.2. The van der Waals surface area contributed by atoms with Crippen LogP contribution >= 0.6 is 0 Å². The second-order valence-electron chi connectivity index (χ2n) is 5.05. The van der Waals surface area contributed by atoms with Crippen LogP contribution in [0.1, 0.15) is 6.92 Å². The fourth-order valence-corrected chi connectivity index (χ4v) is 3.14. The van der Waals surface area contributed by atoms with E-state index in [0.717, 1.165) is 0 Å². The second kappa shape index (κ2) is 8.00. The Kier molecular flexibility index (Phi) is 5.98. The van der Waals surface area contributed by atoms with Crippen LogP contribution in [0.15, 0.2) is 47.4 Å². The van der Waals surface area contributed by atoms with Gasteiger partial charge >= 0.3 is 6.61 Å². The number of nitrogens with one attached hydrogen (secondary N) is 2. The molecular formula is C16H16F2N2O5S. The van der Waals surface area contributed by atoms with E-state index in [-0.39, 0.29) is 27.9 Å². The van der Waals surface area contributed by atoms with Crippen molar-refractivity contribution < 1.29 is 31.5 Å². The van der Waals surface area contributed by atoms with Crippen LogP contribution in [0.2, 0.25) is 0 Å². The molecule has 2 aromatic rings. The van der Waals surface area contributed by atoms with Crippen molar-refractivity contribution in [2.45, 2.75) is 18.4 Å². The number of halogens is 2. The molecule has 7 nitrogen and oxygen atoms in total. The van der Waals surface area contributed by atoms with E-state index in [0.29, 0.717) is 5.75 Å². The molecular weight excluding hydrogens is 370 g/mol. The molecule has 26 heavy (non-hydrogen) atoms. The van der Waals surface area contributed by atoms with Crippen LogP contribution in [0, 0.1) is 0 Å². The number of carbonyl (C=O) groups is 1. The van der Waals surface area contributed by atoms with Gasteiger partial charge in [-0.2, -0.15) is 8.78 Å². The maximum atomic E-state index is 12.5. The number of alkyl halides is 2. The van der Waals surface area contributed by atoms with Crippen LogP contribution in [-0.2, 0) is 14.8 Å². The van der Waals surface area contributed by atoms with Crippen molar-refractivity contribution in [2.24, 2.45) is 0 Å². The zero-order valence-electron chi connectivity index (χ0n) is 13.8. The van der Waals surface area contributed by atoms with Gasteiger partial charge in [0.25, 0.3) is 10.0 Å². The summed E-state index contributed by atoms with van der Waals surface area (Å²) in [7, 11) is -2.59. The topological polar surface area (TPSA) is 93.7 Å². The molecule has 0 unspecified atom stereocenters. The number of methoxy groups -OCH3 is 1. The summed E-state index contributed by atoms with van der Waals surface area (Å²) in [5.41, 5.74) is 0.354. The molecule has 0 fully saturated rings. The molecule has 10 heteroatoms. The Morgan fingerprint density at radius 3 is 2.31 bits per heavy atom. The summed E-state index contributed by atoms with van der Waals surface area (Å²) in [5, 5.41) is 2.48. The highest BCUT2D eigenvalue weighted by Crippen LogP contribution is 2.28. The van der Waals surface area contributed by atoms with Crippen molar-refractivity contribution in [1.29, 1.82) is 0 Å². The lowest BCUT2D eigenvalue weighted by molar-refractivity contribution is -0.114. The number of benzene rings is 2. The fraction of sp³-hybridized carbons (Fsp3) is 0.188. The largest absolute Gasteiger partial charge is 0.495 e. The van der Waals surface area contributed by atoms with E-state index >= 15 is 0 Å². The van der Waals surface area contributed by atoms with E-state index in [9.17, 15) is 22.0 Å². The Hall–Kier alpha value is -2.88. The van der Waals surface area contributed by atoms with Gasteiger partial charge in [-0.15, -0.1) is 0 Å². The Bertz CT molecular complexity index is 886. The molecule has 0 aliphatic carbocycles. The molecule has 0 aromatic heterocycles. The first-order valence-electron chi connectivity index (χ1n) is 7.24. The van der Waals surface area contributed by atoms with Gasteiger partial charge in [0.1, 0.15) is 11.5 Å². The van der Waals surface area contributed by atoms with Crippen LogP contribution in [0.3, 0.4) is 0 Å². The number of anilines is 2. The van der Waals surface area contributed by atoms with Crippen molar-refractivity contribution >= 4 is 27.3 Å². The van der Waals surface area contributed by atoms with Gasteiger partial charge in [-0.1, -0.05) is 0 Å². The Balaban J connectivity index is 2.25. The molecule has 2 aromatic carbocycles.